The summed E-state index contributed by atoms with van der Waals surface area (Å²) in [5, 5.41) is 0. The Hall–Kier alpha value is -3.01. The molecule has 0 spiro atoms. The molecule has 1 heterocycles. The Labute approximate surface area is 132 Å². The third-order valence-electron chi connectivity index (χ3n) is 3.98. The van der Waals surface area contributed by atoms with Gasteiger partial charge in [0.25, 0.3) is 5.78 Å². The highest BCUT2D eigenvalue weighted by Crippen LogP contribution is 2.34. The highest BCUT2D eigenvalue weighted by atomic mass is 16.4. The van der Waals surface area contributed by atoms with Gasteiger partial charge in [-0.3, -0.25) is 9.59 Å². The lowest BCUT2D eigenvalue weighted by Crippen LogP contribution is -2.20. The van der Waals surface area contributed by atoms with Crippen LogP contribution in [0.3, 0.4) is 0 Å². The molecule has 0 amide bonds. The number of nitrogens with zero attached hydrogens (tertiary/aromatic N) is 1. The maximum absolute atomic E-state index is 12.2. The van der Waals surface area contributed by atoms with Gasteiger partial charge >= 0.3 is 0 Å². The number of oxazole rings is 1. The van der Waals surface area contributed by atoms with Crippen LogP contribution in [0.15, 0.2) is 59.0 Å². The molecule has 23 heavy (non-hydrogen) atoms. The molecule has 4 heteroatoms. The van der Waals surface area contributed by atoms with Crippen molar-refractivity contribution in [3.05, 3.63) is 77.3 Å². The number of hydrogen-bond acceptors (Lipinski definition) is 4. The maximum atomic E-state index is 12.2. The summed E-state index contributed by atoms with van der Waals surface area (Å²) in [5.41, 5.74) is 2.34. The Kier molecular flexibility index (Phi) is 3.15. The molecule has 0 fully saturated rings. The van der Waals surface area contributed by atoms with Crippen molar-refractivity contribution >= 4 is 11.6 Å². The Balaban J connectivity index is 1.69. The van der Waals surface area contributed by atoms with Crippen molar-refractivity contribution in [2.75, 3.05) is 0 Å². The van der Waals surface area contributed by atoms with Crippen molar-refractivity contribution in [3.63, 3.8) is 0 Å². The fourth-order valence-corrected chi connectivity index (χ4v) is 2.81. The number of Topliss-reactive ketones (excluding diaryl/α,β-unsaturated/α-hetero) is 2. The maximum Gasteiger partial charge on any atom is 0.255 e. The largest absolute Gasteiger partial charge is 0.440 e. The van der Waals surface area contributed by atoms with Crippen LogP contribution in [0.1, 0.15) is 32.3 Å². The number of aromatic nitrogens is 1. The van der Waals surface area contributed by atoms with Crippen LogP contribution in [0, 0.1) is 0 Å². The molecule has 4 rings (SSSR count). The molecule has 1 aromatic heterocycles. The van der Waals surface area contributed by atoms with Crippen molar-refractivity contribution in [2.24, 2.45) is 0 Å². The molecule has 0 saturated heterocycles. The summed E-state index contributed by atoms with van der Waals surface area (Å²) in [7, 11) is 0. The zero-order valence-corrected chi connectivity index (χ0v) is 12.3. The lowest BCUT2D eigenvalue weighted by molar-refractivity contribution is 0.0812. The van der Waals surface area contributed by atoms with Gasteiger partial charge in [-0.25, -0.2) is 4.98 Å². The van der Waals surface area contributed by atoms with Crippen molar-refractivity contribution in [3.8, 4) is 11.3 Å². The van der Waals surface area contributed by atoms with Crippen LogP contribution in [0.4, 0.5) is 0 Å². The third-order valence-corrected chi connectivity index (χ3v) is 3.98. The predicted molar refractivity (Wildman–Crippen MR) is 84.5 cm³/mol. The Morgan fingerprint density at radius 1 is 0.783 bits per heavy atom. The fourth-order valence-electron chi connectivity index (χ4n) is 2.81. The topological polar surface area (TPSA) is 60.2 Å². The van der Waals surface area contributed by atoms with Crippen LogP contribution in [0.2, 0.25) is 0 Å². The molecule has 3 aromatic rings. The smallest absolute Gasteiger partial charge is 0.255 e. The molecule has 0 radical (unpaired) electrons. The van der Waals surface area contributed by atoms with Crippen molar-refractivity contribution in [2.45, 2.75) is 12.8 Å². The van der Waals surface area contributed by atoms with Crippen LogP contribution in [0.25, 0.3) is 11.3 Å². The molecule has 0 unspecified atom stereocenters. The second kappa shape index (κ2) is 5.32. The molecule has 0 N–H and O–H groups in total. The summed E-state index contributed by atoms with van der Waals surface area (Å²) in [6.45, 7) is 0. The van der Waals surface area contributed by atoms with Gasteiger partial charge in [0.2, 0.25) is 5.78 Å². The zero-order valence-electron chi connectivity index (χ0n) is 12.3. The molecule has 0 aliphatic heterocycles. The average molecular weight is 303 g/mol. The lowest BCUT2D eigenvalue weighted by atomic mass is 9.91. The van der Waals surface area contributed by atoms with Crippen molar-refractivity contribution in [1.29, 1.82) is 0 Å². The van der Waals surface area contributed by atoms with E-state index in [2.05, 4.69) is 4.98 Å². The first kappa shape index (κ1) is 13.6. The summed E-state index contributed by atoms with van der Waals surface area (Å²) < 4.78 is 5.79. The first-order valence-corrected chi connectivity index (χ1v) is 7.46. The highest BCUT2D eigenvalue weighted by Gasteiger charge is 2.34. The van der Waals surface area contributed by atoms with Gasteiger partial charge in [-0.05, 0) is 12.0 Å². The van der Waals surface area contributed by atoms with Gasteiger partial charge in [-0.1, -0.05) is 54.6 Å². The fraction of sp³-hybridized carbons (Fsp3) is 0.105. The van der Waals surface area contributed by atoms with Gasteiger partial charge in [0.05, 0.1) is 0 Å². The Morgan fingerprint density at radius 3 is 2.26 bits per heavy atom. The van der Waals surface area contributed by atoms with Gasteiger partial charge in [0.15, 0.2) is 17.3 Å². The first-order chi connectivity index (χ1) is 11.2. The van der Waals surface area contributed by atoms with Gasteiger partial charge < -0.3 is 4.42 Å². The van der Waals surface area contributed by atoms with E-state index in [1.165, 1.54) is 5.56 Å². The number of aryl methyl sites for hydroxylation is 2. The minimum absolute atomic E-state index is 0.136. The Bertz CT molecular complexity index is 909. The number of carbonyl (C=O) groups excluding carboxylic acids is 2. The van der Waals surface area contributed by atoms with E-state index in [0.717, 1.165) is 6.42 Å². The molecule has 1 aliphatic carbocycles. The number of rotatable bonds is 3. The van der Waals surface area contributed by atoms with Crippen LogP contribution in [-0.4, -0.2) is 16.6 Å². The predicted octanol–water partition coefficient (Wildman–Crippen LogP) is 3.51. The summed E-state index contributed by atoms with van der Waals surface area (Å²) >= 11 is 0. The molecule has 0 saturated carbocycles. The summed E-state index contributed by atoms with van der Waals surface area (Å²) in [6.07, 6.45) is 1.35. The minimum Gasteiger partial charge on any atom is -0.440 e. The molecular formula is C19H13NO3. The molecular weight excluding hydrogens is 290 g/mol. The van der Waals surface area contributed by atoms with E-state index in [0.29, 0.717) is 29.2 Å². The molecule has 0 bridgehead atoms. The first-order valence-electron chi connectivity index (χ1n) is 7.46. The van der Waals surface area contributed by atoms with Gasteiger partial charge in [-0.2, -0.15) is 0 Å². The zero-order chi connectivity index (χ0) is 15.8. The van der Waals surface area contributed by atoms with E-state index in [-0.39, 0.29) is 5.69 Å². The second-order valence-corrected chi connectivity index (χ2v) is 5.47. The quantitative estimate of drug-likeness (QED) is 0.695. The summed E-state index contributed by atoms with van der Waals surface area (Å²) in [6, 6.07) is 17.0. The van der Waals surface area contributed by atoms with E-state index >= 15 is 0 Å². The van der Waals surface area contributed by atoms with E-state index in [4.69, 9.17) is 4.42 Å². The number of carbonyl (C=O) groups is 2. The normalized spacial score (nSPS) is 12.9. The summed E-state index contributed by atoms with van der Waals surface area (Å²) in [4.78, 5) is 28.6. The monoisotopic (exact) mass is 303 g/mol. The van der Waals surface area contributed by atoms with Gasteiger partial charge in [0.1, 0.15) is 0 Å². The lowest BCUT2D eigenvalue weighted by Gasteiger charge is -2.10. The molecule has 112 valence electrons. The highest BCUT2D eigenvalue weighted by molar-refractivity contribution is 6.52. The average Bonchev–Trinajstić information content (AvgIpc) is 3.03. The molecule has 0 atom stereocenters. The van der Waals surface area contributed by atoms with Crippen LogP contribution < -0.4 is 0 Å². The minimum atomic E-state index is -0.589. The molecule has 1 aliphatic rings. The Morgan fingerprint density at radius 2 is 1.48 bits per heavy atom. The van der Waals surface area contributed by atoms with Gasteiger partial charge in [-0.15, -0.1) is 0 Å². The number of hydrogen-bond donors (Lipinski definition) is 0. The second-order valence-electron chi connectivity index (χ2n) is 5.47. The van der Waals surface area contributed by atoms with E-state index in [1.807, 2.05) is 36.4 Å². The third kappa shape index (κ3) is 2.28. The standard InChI is InChI=1S/C19H13NO3/c21-17-13-8-4-5-9-14(13)19-16(18(17)22)20-15(23-19)11-10-12-6-2-1-3-7-12/h1-9H,10-11H2. The van der Waals surface area contributed by atoms with Crippen LogP contribution in [-0.2, 0) is 12.8 Å². The number of fused-ring (bicyclic) bond motifs is 3. The van der Waals surface area contributed by atoms with E-state index in [1.54, 1.807) is 18.2 Å². The van der Waals surface area contributed by atoms with Gasteiger partial charge in [0, 0.05) is 17.5 Å². The van der Waals surface area contributed by atoms with Crippen molar-refractivity contribution in [1.82, 2.24) is 4.98 Å². The van der Waals surface area contributed by atoms with Crippen LogP contribution in [0.5, 0.6) is 0 Å². The van der Waals surface area contributed by atoms with E-state index < -0.39 is 11.6 Å². The summed E-state index contributed by atoms with van der Waals surface area (Å²) in [5.74, 6) is -0.214. The number of benzene rings is 2. The van der Waals surface area contributed by atoms with E-state index in [9.17, 15) is 9.59 Å². The van der Waals surface area contributed by atoms with Crippen molar-refractivity contribution < 1.29 is 14.0 Å². The van der Waals surface area contributed by atoms with Crippen LogP contribution >= 0.6 is 0 Å². The SMILES string of the molecule is O=C1C(=O)c2nc(CCc3ccccc3)oc2-c2ccccc21. The molecule has 2 aromatic carbocycles. The number of ketones is 2. The molecule has 4 nitrogen and oxygen atoms in total.